The molecule has 1 aromatic carbocycles. The Morgan fingerprint density at radius 3 is 2.53 bits per heavy atom. The lowest BCUT2D eigenvalue weighted by Gasteiger charge is -2.06. The van der Waals surface area contributed by atoms with Crippen molar-refractivity contribution in [3.05, 3.63) is 29.8 Å². The summed E-state index contributed by atoms with van der Waals surface area (Å²) in [6.07, 6.45) is 5.28. The Kier molecular flexibility index (Phi) is 7.91. The molecule has 0 saturated carbocycles. The van der Waals surface area contributed by atoms with Gasteiger partial charge in [-0.05, 0) is 37.5 Å². The van der Waals surface area contributed by atoms with E-state index in [9.17, 15) is 4.79 Å². The van der Waals surface area contributed by atoms with Crippen LogP contribution < -0.4 is 5.32 Å². The zero-order chi connectivity index (χ0) is 13.9. The molecule has 0 atom stereocenters. The summed E-state index contributed by atoms with van der Waals surface area (Å²) in [4.78, 5) is 11.6. The van der Waals surface area contributed by atoms with Crippen molar-refractivity contribution in [2.45, 2.75) is 46.0 Å². The molecule has 1 N–H and O–H groups in total. The quantitative estimate of drug-likeness (QED) is 0.688. The maximum atomic E-state index is 11.6. The molecule has 0 saturated heterocycles. The Hall–Kier alpha value is -1.35. The van der Waals surface area contributed by atoms with Crippen LogP contribution in [0.5, 0.6) is 0 Å². The summed E-state index contributed by atoms with van der Waals surface area (Å²) in [6.45, 7) is 5.27. The van der Waals surface area contributed by atoms with E-state index in [-0.39, 0.29) is 5.91 Å². The van der Waals surface area contributed by atoms with E-state index in [4.69, 9.17) is 4.74 Å². The molecule has 0 aliphatic carbocycles. The van der Waals surface area contributed by atoms with Gasteiger partial charge in [-0.15, -0.1) is 0 Å². The molecule has 0 bridgehead atoms. The van der Waals surface area contributed by atoms with Crippen LogP contribution in [0.3, 0.4) is 0 Å². The Balaban J connectivity index is 2.32. The monoisotopic (exact) mass is 263 g/mol. The first kappa shape index (κ1) is 15.7. The van der Waals surface area contributed by atoms with Crippen molar-refractivity contribution in [2.24, 2.45) is 0 Å². The van der Waals surface area contributed by atoms with E-state index in [1.165, 1.54) is 24.8 Å². The lowest BCUT2D eigenvalue weighted by molar-refractivity contribution is -0.117. The van der Waals surface area contributed by atoms with Gasteiger partial charge in [0.15, 0.2) is 0 Å². The van der Waals surface area contributed by atoms with Crippen LogP contribution in [0.1, 0.15) is 45.1 Å². The summed E-state index contributed by atoms with van der Waals surface area (Å²) in [5.74, 6) is 0.00665. The van der Waals surface area contributed by atoms with Crippen LogP contribution in [0.4, 0.5) is 5.69 Å². The molecule has 0 unspecified atom stereocenters. The van der Waals surface area contributed by atoms with E-state index in [1.54, 1.807) is 0 Å². The second-order valence-electron chi connectivity index (χ2n) is 4.65. The fraction of sp³-hybridized carbons (Fsp3) is 0.562. The summed E-state index contributed by atoms with van der Waals surface area (Å²) < 4.78 is 5.16. The van der Waals surface area contributed by atoms with Crippen LogP contribution in [-0.2, 0) is 16.0 Å². The molecule has 0 radical (unpaired) electrons. The van der Waals surface area contributed by atoms with E-state index >= 15 is 0 Å². The smallest absolute Gasteiger partial charge is 0.226 e. The van der Waals surface area contributed by atoms with Crippen molar-refractivity contribution in [1.82, 2.24) is 0 Å². The van der Waals surface area contributed by atoms with Crippen LogP contribution in [0, 0.1) is 0 Å². The number of anilines is 1. The van der Waals surface area contributed by atoms with Crippen molar-refractivity contribution in [2.75, 3.05) is 18.5 Å². The van der Waals surface area contributed by atoms with Gasteiger partial charge in [0.2, 0.25) is 5.91 Å². The fourth-order valence-corrected chi connectivity index (χ4v) is 1.87. The summed E-state index contributed by atoms with van der Waals surface area (Å²) in [6, 6.07) is 8.13. The summed E-state index contributed by atoms with van der Waals surface area (Å²) in [5.41, 5.74) is 2.20. The molecule has 0 fully saturated rings. The highest BCUT2D eigenvalue weighted by Crippen LogP contribution is 2.12. The number of carbonyl (C=O) groups excluding carboxylic acids is 1. The molecule has 0 spiro atoms. The van der Waals surface area contributed by atoms with E-state index in [1.807, 2.05) is 19.1 Å². The molecule has 0 aliphatic rings. The van der Waals surface area contributed by atoms with E-state index < -0.39 is 0 Å². The Labute approximate surface area is 116 Å². The van der Waals surface area contributed by atoms with Gasteiger partial charge in [0.05, 0.1) is 13.0 Å². The number of benzene rings is 1. The largest absolute Gasteiger partial charge is 0.381 e. The van der Waals surface area contributed by atoms with Gasteiger partial charge in [-0.2, -0.15) is 0 Å². The van der Waals surface area contributed by atoms with Gasteiger partial charge >= 0.3 is 0 Å². The maximum absolute atomic E-state index is 11.6. The highest BCUT2D eigenvalue weighted by Gasteiger charge is 2.02. The predicted molar refractivity (Wildman–Crippen MR) is 79.4 cm³/mol. The highest BCUT2D eigenvalue weighted by atomic mass is 16.5. The Bertz CT molecular complexity index is 360. The number of aryl methyl sites for hydroxylation is 1. The third-order valence-corrected chi connectivity index (χ3v) is 2.98. The lowest BCUT2D eigenvalue weighted by atomic mass is 10.1. The van der Waals surface area contributed by atoms with Crippen molar-refractivity contribution in [3.8, 4) is 0 Å². The fourth-order valence-electron chi connectivity index (χ4n) is 1.87. The Morgan fingerprint density at radius 1 is 1.16 bits per heavy atom. The van der Waals surface area contributed by atoms with Crippen LogP contribution >= 0.6 is 0 Å². The molecule has 3 heteroatoms. The minimum Gasteiger partial charge on any atom is -0.381 e. The first-order valence-corrected chi connectivity index (χ1v) is 7.22. The molecule has 19 heavy (non-hydrogen) atoms. The van der Waals surface area contributed by atoms with Gasteiger partial charge in [-0.3, -0.25) is 4.79 Å². The third kappa shape index (κ3) is 6.97. The minimum absolute atomic E-state index is 0.00665. The molecule has 0 aromatic heterocycles. The summed E-state index contributed by atoms with van der Waals surface area (Å²) in [5, 5.41) is 2.88. The third-order valence-electron chi connectivity index (χ3n) is 2.98. The molecule has 3 nitrogen and oxygen atoms in total. The van der Waals surface area contributed by atoms with Crippen LogP contribution in [-0.4, -0.2) is 19.1 Å². The molecular formula is C16H25NO2. The molecule has 1 rings (SSSR count). The van der Waals surface area contributed by atoms with E-state index in [0.717, 1.165) is 12.1 Å². The number of nitrogens with one attached hydrogen (secondary N) is 1. The van der Waals surface area contributed by atoms with Crippen LogP contribution in [0.25, 0.3) is 0 Å². The lowest BCUT2D eigenvalue weighted by Crippen LogP contribution is -2.14. The van der Waals surface area contributed by atoms with Crippen molar-refractivity contribution in [1.29, 1.82) is 0 Å². The SMILES string of the molecule is CCCCCc1ccc(NC(=O)CCOCC)cc1. The molecule has 0 aliphatic heterocycles. The minimum atomic E-state index is 0.00665. The molecular weight excluding hydrogens is 238 g/mol. The normalized spacial score (nSPS) is 10.4. The van der Waals surface area contributed by atoms with E-state index in [0.29, 0.717) is 19.6 Å². The molecule has 1 aromatic rings. The zero-order valence-corrected chi connectivity index (χ0v) is 12.1. The number of ether oxygens (including phenoxy) is 1. The average molecular weight is 263 g/mol. The number of hydrogen-bond acceptors (Lipinski definition) is 2. The van der Waals surface area contributed by atoms with Gasteiger partial charge in [-0.25, -0.2) is 0 Å². The van der Waals surface area contributed by atoms with E-state index in [2.05, 4.69) is 24.4 Å². The van der Waals surface area contributed by atoms with Crippen molar-refractivity contribution in [3.63, 3.8) is 0 Å². The summed E-state index contributed by atoms with van der Waals surface area (Å²) in [7, 11) is 0. The van der Waals surface area contributed by atoms with Crippen LogP contribution in [0.15, 0.2) is 24.3 Å². The zero-order valence-electron chi connectivity index (χ0n) is 12.1. The number of amides is 1. The standard InChI is InChI=1S/C16H25NO2/c1-3-5-6-7-14-8-10-15(11-9-14)17-16(18)12-13-19-4-2/h8-11H,3-7,12-13H2,1-2H3,(H,17,18). The van der Waals surface area contributed by atoms with Gasteiger partial charge < -0.3 is 10.1 Å². The van der Waals surface area contributed by atoms with Gasteiger partial charge in [0.1, 0.15) is 0 Å². The average Bonchev–Trinajstić information content (AvgIpc) is 2.41. The predicted octanol–water partition coefficient (Wildman–Crippen LogP) is 3.78. The Morgan fingerprint density at radius 2 is 1.89 bits per heavy atom. The second-order valence-corrected chi connectivity index (χ2v) is 4.65. The van der Waals surface area contributed by atoms with Crippen LogP contribution in [0.2, 0.25) is 0 Å². The second kappa shape index (κ2) is 9.56. The first-order chi connectivity index (χ1) is 9.26. The first-order valence-electron chi connectivity index (χ1n) is 7.22. The van der Waals surface area contributed by atoms with Gasteiger partial charge in [0.25, 0.3) is 0 Å². The maximum Gasteiger partial charge on any atom is 0.226 e. The summed E-state index contributed by atoms with van der Waals surface area (Å²) >= 11 is 0. The van der Waals surface area contributed by atoms with Crippen molar-refractivity contribution >= 4 is 11.6 Å². The number of hydrogen-bond donors (Lipinski definition) is 1. The molecule has 106 valence electrons. The highest BCUT2D eigenvalue weighted by molar-refractivity contribution is 5.90. The van der Waals surface area contributed by atoms with Crippen molar-refractivity contribution < 1.29 is 9.53 Å². The number of rotatable bonds is 9. The number of unbranched alkanes of at least 4 members (excludes halogenated alkanes) is 2. The topological polar surface area (TPSA) is 38.3 Å². The number of carbonyl (C=O) groups is 1. The molecule has 1 amide bonds. The van der Waals surface area contributed by atoms with Gasteiger partial charge in [-0.1, -0.05) is 31.9 Å². The van der Waals surface area contributed by atoms with Gasteiger partial charge in [0, 0.05) is 12.3 Å². The molecule has 0 heterocycles.